The van der Waals surface area contributed by atoms with Gasteiger partial charge in [0.2, 0.25) is 0 Å². The third kappa shape index (κ3) is 44.3. The van der Waals surface area contributed by atoms with E-state index in [0.29, 0.717) is 19.3 Å². The van der Waals surface area contributed by atoms with Gasteiger partial charge in [0.15, 0.2) is 24.6 Å². The van der Waals surface area contributed by atoms with Crippen molar-refractivity contribution in [1.82, 2.24) is 0 Å². The van der Waals surface area contributed by atoms with Crippen molar-refractivity contribution >= 4 is 23.9 Å². The smallest absolute Gasteiger partial charge is 0.335 e. The van der Waals surface area contributed by atoms with Crippen LogP contribution in [0, 0.1) is 0 Å². The molecule has 0 bridgehead atoms. The minimum Gasteiger partial charge on any atom is -0.479 e. The summed E-state index contributed by atoms with van der Waals surface area (Å²) in [5, 5.41) is 31.5. The fraction of sp³-hybridized carbons (Fsp3) is 0.731. The molecular weight excluding hydrogens is 997 g/mol. The number of aliphatic hydroxyl groups excluding tert-OH is 2. The number of aliphatic carboxylic acids is 1. The molecule has 1 aliphatic rings. The van der Waals surface area contributed by atoms with Gasteiger partial charge in [-0.3, -0.25) is 14.4 Å². The number of rotatable bonds is 53. The topological polar surface area (TPSA) is 175 Å². The lowest BCUT2D eigenvalue weighted by Gasteiger charge is -2.40. The molecule has 1 rings (SSSR count). The summed E-state index contributed by atoms with van der Waals surface area (Å²) in [5.74, 6) is -3.17. The highest BCUT2D eigenvalue weighted by atomic mass is 16.7. The molecule has 0 amide bonds. The summed E-state index contributed by atoms with van der Waals surface area (Å²) in [7, 11) is 0. The van der Waals surface area contributed by atoms with Gasteiger partial charge in [0.05, 0.1) is 6.61 Å². The van der Waals surface area contributed by atoms with Crippen molar-refractivity contribution in [3.63, 3.8) is 0 Å². The number of carboxylic acid groups (broad SMARTS) is 1. The van der Waals surface area contributed by atoms with E-state index in [9.17, 15) is 34.5 Å². The Morgan fingerprint density at radius 1 is 0.430 bits per heavy atom. The van der Waals surface area contributed by atoms with Crippen LogP contribution in [-0.4, -0.2) is 89.2 Å². The van der Waals surface area contributed by atoms with Crippen molar-refractivity contribution < 1.29 is 58.2 Å². The highest BCUT2D eigenvalue weighted by molar-refractivity contribution is 5.74. The lowest BCUT2D eigenvalue weighted by atomic mass is 9.98. The fourth-order valence-electron chi connectivity index (χ4n) is 9.08. The normalized spacial score (nSPS) is 18.4. The van der Waals surface area contributed by atoms with Gasteiger partial charge in [0.25, 0.3) is 0 Å². The number of carbonyl (C=O) groups is 4. The Morgan fingerprint density at radius 3 is 1.28 bits per heavy atom. The maximum atomic E-state index is 13.1. The van der Waals surface area contributed by atoms with E-state index in [1.54, 1.807) is 0 Å². The second kappa shape index (κ2) is 54.5. The number of hydrogen-bond acceptors (Lipinski definition) is 11. The molecule has 1 heterocycles. The molecule has 6 unspecified atom stereocenters. The van der Waals surface area contributed by atoms with Crippen LogP contribution >= 0.6 is 0 Å². The van der Waals surface area contributed by atoms with Gasteiger partial charge < -0.3 is 39.0 Å². The van der Waals surface area contributed by atoms with Crippen LogP contribution < -0.4 is 0 Å². The van der Waals surface area contributed by atoms with Crippen LogP contribution in [-0.2, 0) is 42.9 Å². The van der Waals surface area contributed by atoms with Gasteiger partial charge in [-0.05, 0) is 109 Å². The van der Waals surface area contributed by atoms with Gasteiger partial charge in [-0.1, -0.05) is 221 Å². The average molecular weight is 1110 g/mol. The van der Waals surface area contributed by atoms with Gasteiger partial charge in [-0.25, -0.2) is 4.79 Å². The number of hydrogen-bond donors (Lipinski definition) is 3. The fourth-order valence-corrected chi connectivity index (χ4v) is 9.08. The van der Waals surface area contributed by atoms with E-state index in [1.165, 1.54) is 96.3 Å². The highest BCUT2D eigenvalue weighted by Crippen LogP contribution is 2.26. The highest BCUT2D eigenvalue weighted by Gasteiger charge is 2.50. The van der Waals surface area contributed by atoms with E-state index in [0.717, 1.165) is 109 Å². The molecule has 0 aliphatic carbocycles. The lowest BCUT2D eigenvalue weighted by Crippen LogP contribution is -2.61. The summed E-state index contributed by atoms with van der Waals surface area (Å²) in [6.45, 7) is 5.83. The first kappa shape index (κ1) is 72.9. The molecule has 3 N–H and O–H groups in total. The molecular formula is C67H112O12. The molecule has 0 saturated carbocycles. The molecule has 12 nitrogen and oxygen atoms in total. The summed E-state index contributed by atoms with van der Waals surface area (Å²) in [5.41, 5.74) is 0. The number of allylic oxidation sites excluding steroid dienone is 14. The van der Waals surface area contributed by atoms with Gasteiger partial charge in [-0.15, -0.1) is 0 Å². The number of carbonyl (C=O) groups excluding carboxylic acids is 3. The molecule has 1 saturated heterocycles. The predicted octanol–water partition coefficient (Wildman–Crippen LogP) is 16.7. The zero-order valence-corrected chi connectivity index (χ0v) is 49.8. The summed E-state index contributed by atoms with van der Waals surface area (Å²) in [4.78, 5) is 51.2. The van der Waals surface area contributed by atoms with Gasteiger partial charge in [0.1, 0.15) is 18.8 Å². The molecule has 1 fully saturated rings. The Labute approximate surface area is 480 Å². The lowest BCUT2D eigenvalue weighted by molar-refractivity contribution is -0.301. The van der Waals surface area contributed by atoms with Crippen LogP contribution in [0.3, 0.4) is 0 Å². The van der Waals surface area contributed by atoms with E-state index < -0.39 is 67.3 Å². The molecule has 0 radical (unpaired) electrons. The Kier molecular flexibility index (Phi) is 50.3. The Balaban J connectivity index is 2.65. The third-order valence-corrected chi connectivity index (χ3v) is 13.9. The quantitative estimate of drug-likeness (QED) is 0.0228. The van der Waals surface area contributed by atoms with Crippen molar-refractivity contribution in [1.29, 1.82) is 0 Å². The second-order valence-electron chi connectivity index (χ2n) is 21.3. The third-order valence-electron chi connectivity index (χ3n) is 13.9. The van der Waals surface area contributed by atoms with Crippen LogP contribution in [0.1, 0.15) is 265 Å². The van der Waals surface area contributed by atoms with Crippen LogP contribution in [0.5, 0.6) is 0 Å². The van der Waals surface area contributed by atoms with Gasteiger partial charge in [-0.2, -0.15) is 0 Å². The van der Waals surface area contributed by atoms with E-state index in [2.05, 4.69) is 106 Å². The first-order chi connectivity index (χ1) is 38.6. The number of unbranched alkanes of at least 4 members (excludes halogenated alkanes) is 25. The van der Waals surface area contributed by atoms with E-state index in [4.69, 9.17) is 23.7 Å². The number of ether oxygens (including phenoxy) is 5. The summed E-state index contributed by atoms with van der Waals surface area (Å²) >= 11 is 0. The number of carboxylic acids is 1. The van der Waals surface area contributed by atoms with Gasteiger partial charge in [0, 0.05) is 19.3 Å². The summed E-state index contributed by atoms with van der Waals surface area (Å²) < 4.78 is 28.4. The van der Waals surface area contributed by atoms with Crippen LogP contribution in [0.2, 0.25) is 0 Å². The maximum absolute atomic E-state index is 13.1. The van der Waals surface area contributed by atoms with E-state index in [-0.39, 0.29) is 25.9 Å². The molecule has 6 atom stereocenters. The van der Waals surface area contributed by atoms with Crippen LogP contribution in [0.25, 0.3) is 0 Å². The minimum absolute atomic E-state index is 0.0179. The molecule has 12 heteroatoms. The number of esters is 3. The van der Waals surface area contributed by atoms with Crippen molar-refractivity contribution in [3.8, 4) is 0 Å². The Hall–Kier alpha value is -4.10. The minimum atomic E-state index is -1.92. The van der Waals surface area contributed by atoms with Crippen molar-refractivity contribution in [2.75, 3.05) is 13.2 Å². The van der Waals surface area contributed by atoms with Crippen molar-refractivity contribution in [2.45, 2.75) is 302 Å². The molecule has 79 heavy (non-hydrogen) atoms. The molecule has 0 spiro atoms. The second-order valence-corrected chi connectivity index (χ2v) is 21.3. The summed E-state index contributed by atoms with van der Waals surface area (Å²) in [6, 6.07) is 0. The molecule has 0 aromatic carbocycles. The maximum Gasteiger partial charge on any atom is 0.335 e. The predicted molar refractivity (Wildman–Crippen MR) is 321 cm³/mol. The van der Waals surface area contributed by atoms with Crippen molar-refractivity contribution in [3.05, 3.63) is 85.1 Å². The van der Waals surface area contributed by atoms with Crippen LogP contribution in [0.15, 0.2) is 85.1 Å². The number of aliphatic hydroxyl groups is 2. The molecule has 0 aromatic heterocycles. The largest absolute Gasteiger partial charge is 0.479 e. The Bertz CT molecular complexity index is 1700. The van der Waals surface area contributed by atoms with Gasteiger partial charge >= 0.3 is 23.9 Å². The zero-order chi connectivity index (χ0) is 57.5. The first-order valence-electron chi connectivity index (χ1n) is 31.6. The SMILES string of the molecule is CC/C=C\C/C=C\C/C=C\C/C=C\C/C=C\CCCCCC(=O)OC1C(OCC(COC(=O)CCCCCCCCCCC/C=C\CCCCCCCC)OC(=O)CCCCCCC/C=C\CCCC)OC(C(=O)O)C(O)C1O. The standard InChI is InChI=1S/C67H112O12/c1-4-7-10-13-16-19-22-24-26-28-30-32-34-36-39-41-44-47-50-53-59(68)75-56-58(77-60(69)54-51-48-45-42-38-21-18-15-12-9-6-3)57-76-67-65(63(72)62(71)64(79-67)66(73)74)78-61(70)55-52-49-46-43-40-37-35-33-31-29-27-25-23-20-17-14-11-8-5-2/h8,11,15,17-18,20,24-27,31,33,37,40,58,62-65,67,71-72H,4-7,9-10,12-14,16,19,21-23,28-30,32,34-36,38-39,41-57H2,1-3H3,(H,73,74)/b11-8-,18-15-,20-17-,26-24-,27-25-,33-31-,40-37-. The average Bonchev–Trinajstić information content (AvgIpc) is 3.43. The zero-order valence-electron chi connectivity index (χ0n) is 49.8. The molecule has 452 valence electrons. The monoisotopic (exact) mass is 1110 g/mol. The van der Waals surface area contributed by atoms with Crippen molar-refractivity contribution in [2.24, 2.45) is 0 Å². The molecule has 1 aliphatic heterocycles. The van der Waals surface area contributed by atoms with E-state index >= 15 is 0 Å². The molecule has 0 aromatic rings. The summed E-state index contributed by atoms with van der Waals surface area (Å²) in [6.07, 6.45) is 58.4. The van der Waals surface area contributed by atoms with Crippen LogP contribution in [0.4, 0.5) is 0 Å². The Morgan fingerprint density at radius 2 is 0.810 bits per heavy atom. The van der Waals surface area contributed by atoms with E-state index in [1.807, 2.05) is 0 Å². The first-order valence-corrected chi connectivity index (χ1v) is 31.6.